The van der Waals surface area contributed by atoms with Crippen LogP contribution in [0, 0.1) is 23.7 Å². The molecule has 4 aliphatic carbocycles. The second-order valence-corrected chi connectivity index (χ2v) is 10.4. The van der Waals surface area contributed by atoms with E-state index in [1.807, 2.05) is 16.8 Å². The molecule has 3 heterocycles. The number of hydrogen-bond donors (Lipinski definition) is 0. The van der Waals surface area contributed by atoms with E-state index in [0.29, 0.717) is 25.0 Å². The summed E-state index contributed by atoms with van der Waals surface area (Å²) in [5.41, 5.74) is 0.958. The maximum atomic E-state index is 5.87. The summed E-state index contributed by atoms with van der Waals surface area (Å²) in [7, 11) is 0. The second kappa shape index (κ2) is 6.92. The zero-order valence-corrected chi connectivity index (χ0v) is 18.1. The highest BCUT2D eigenvalue weighted by Gasteiger charge is 2.62. The molecule has 2 aromatic rings. The van der Waals surface area contributed by atoms with Crippen LogP contribution in [0.4, 0.5) is 0 Å². The number of aromatic nitrogens is 4. The van der Waals surface area contributed by atoms with E-state index in [1.54, 1.807) is 0 Å². The monoisotopic (exact) mass is 421 g/mol. The minimum atomic E-state index is -0.0232. The smallest absolute Gasteiger partial charge is 0.177 e. The van der Waals surface area contributed by atoms with E-state index >= 15 is 0 Å². The minimum absolute atomic E-state index is 0.0232. The van der Waals surface area contributed by atoms with Crippen LogP contribution in [0.25, 0.3) is 5.69 Å². The number of nitrogens with zero attached hydrogens (tertiary/aromatic N) is 5. The third kappa shape index (κ3) is 2.65. The number of likely N-dealkylation sites (tertiary alicyclic amines) is 1. The Bertz CT molecular complexity index is 949. The van der Waals surface area contributed by atoms with Crippen molar-refractivity contribution in [3.05, 3.63) is 24.0 Å². The summed E-state index contributed by atoms with van der Waals surface area (Å²) in [5, 5.41) is 13.6. The molecule has 4 saturated carbocycles. The van der Waals surface area contributed by atoms with E-state index in [2.05, 4.69) is 21.4 Å². The molecule has 7 nitrogen and oxygen atoms in total. The average molecular weight is 422 g/mol. The van der Waals surface area contributed by atoms with Gasteiger partial charge in [0, 0.05) is 6.07 Å². The van der Waals surface area contributed by atoms with Crippen LogP contribution in [-0.4, -0.2) is 51.4 Å². The van der Waals surface area contributed by atoms with Crippen LogP contribution < -0.4 is 9.47 Å². The number of benzene rings is 1. The van der Waals surface area contributed by atoms with Crippen LogP contribution in [0.2, 0.25) is 0 Å². The summed E-state index contributed by atoms with van der Waals surface area (Å²) < 4.78 is 13.6. The molecule has 0 radical (unpaired) electrons. The van der Waals surface area contributed by atoms with Gasteiger partial charge in [-0.05, 0) is 104 Å². The molecule has 31 heavy (non-hydrogen) atoms. The molecule has 8 rings (SSSR count). The van der Waals surface area contributed by atoms with Gasteiger partial charge >= 0.3 is 0 Å². The highest BCUT2D eigenvalue weighted by Crippen LogP contribution is 2.64. The molecule has 164 valence electrons. The van der Waals surface area contributed by atoms with Crippen molar-refractivity contribution in [2.24, 2.45) is 23.7 Å². The molecule has 0 unspecified atom stereocenters. The van der Waals surface area contributed by atoms with Crippen molar-refractivity contribution < 1.29 is 9.47 Å². The van der Waals surface area contributed by atoms with Crippen molar-refractivity contribution in [1.29, 1.82) is 0 Å². The SMILES string of the molecule is c1cc2c(cc1-n1nnnc1C1(N3CCCCC3)C3CC4CC(C3)CC1C4)OCCO2. The van der Waals surface area contributed by atoms with Gasteiger partial charge in [0.1, 0.15) is 13.2 Å². The van der Waals surface area contributed by atoms with Crippen molar-refractivity contribution in [3.8, 4) is 17.2 Å². The van der Waals surface area contributed by atoms with E-state index in [4.69, 9.17) is 14.6 Å². The van der Waals surface area contributed by atoms with Gasteiger partial charge in [-0.15, -0.1) is 5.10 Å². The normalized spacial score (nSPS) is 36.6. The Morgan fingerprint density at radius 2 is 1.55 bits per heavy atom. The Kier molecular flexibility index (Phi) is 4.12. The number of rotatable bonds is 3. The number of tetrazole rings is 1. The lowest BCUT2D eigenvalue weighted by molar-refractivity contribution is -0.152. The molecular formula is C24H31N5O2. The van der Waals surface area contributed by atoms with Crippen LogP contribution >= 0.6 is 0 Å². The summed E-state index contributed by atoms with van der Waals surface area (Å²) in [6.07, 6.45) is 10.8. The van der Waals surface area contributed by atoms with E-state index in [0.717, 1.165) is 34.8 Å². The fourth-order valence-corrected chi connectivity index (χ4v) is 7.96. The highest BCUT2D eigenvalue weighted by atomic mass is 16.6. The van der Waals surface area contributed by atoms with E-state index < -0.39 is 0 Å². The maximum absolute atomic E-state index is 5.87. The van der Waals surface area contributed by atoms with Crippen molar-refractivity contribution in [3.63, 3.8) is 0 Å². The van der Waals surface area contributed by atoms with Gasteiger partial charge in [-0.3, -0.25) is 4.90 Å². The van der Waals surface area contributed by atoms with Crippen LogP contribution in [0.1, 0.15) is 57.2 Å². The number of ether oxygens (including phenoxy) is 2. The second-order valence-electron chi connectivity index (χ2n) is 10.4. The van der Waals surface area contributed by atoms with Gasteiger partial charge < -0.3 is 9.47 Å². The van der Waals surface area contributed by atoms with Crippen molar-refractivity contribution in [2.45, 2.75) is 56.9 Å². The number of hydrogen-bond acceptors (Lipinski definition) is 6. The Labute approximate surface area is 183 Å². The molecule has 0 amide bonds. The van der Waals surface area contributed by atoms with Gasteiger partial charge in [0.25, 0.3) is 0 Å². The van der Waals surface area contributed by atoms with Crippen LogP contribution in [0.3, 0.4) is 0 Å². The zero-order valence-electron chi connectivity index (χ0n) is 18.1. The molecule has 5 fully saturated rings. The molecule has 2 aliphatic heterocycles. The summed E-state index contributed by atoms with van der Waals surface area (Å²) in [5.74, 6) is 5.85. The standard InChI is InChI=1S/C24H31N5O2/c1-2-6-28(7-3-1)24(18-11-16-10-17(13-18)14-19(24)12-16)23-25-26-27-29(23)20-4-5-21-22(15-20)31-9-8-30-21/h4-5,15-19H,1-3,6-14H2. The fraction of sp³-hybridized carbons (Fsp3) is 0.708. The van der Waals surface area contributed by atoms with Gasteiger partial charge in [0.05, 0.1) is 11.2 Å². The third-order valence-corrected chi connectivity index (χ3v) is 8.86. The predicted molar refractivity (Wildman–Crippen MR) is 114 cm³/mol. The van der Waals surface area contributed by atoms with Crippen molar-refractivity contribution in [2.75, 3.05) is 26.3 Å². The maximum Gasteiger partial charge on any atom is 0.177 e. The van der Waals surface area contributed by atoms with Crippen molar-refractivity contribution >= 4 is 0 Å². The first kappa shape index (κ1) is 18.4. The molecule has 4 bridgehead atoms. The third-order valence-electron chi connectivity index (χ3n) is 8.86. The Morgan fingerprint density at radius 1 is 0.839 bits per heavy atom. The van der Waals surface area contributed by atoms with Crippen LogP contribution in [0.5, 0.6) is 11.5 Å². The number of fused-ring (bicyclic) bond motifs is 1. The van der Waals surface area contributed by atoms with Gasteiger partial charge in [0.15, 0.2) is 17.3 Å². The molecule has 0 N–H and O–H groups in total. The average Bonchev–Trinajstić information content (AvgIpc) is 3.29. The summed E-state index contributed by atoms with van der Waals surface area (Å²) >= 11 is 0. The first-order valence-corrected chi connectivity index (χ1v) is 12.3. The zero-order chi connectivity index (χ0) is 20.4. The molecular weight excluding hydrogens is 390 g/mol. The van der Waals surface area contributed by atoms with E-state index in [-0.39, 0.29) is 5.54 Å². The Morgan fingerprint density at radius 3 is 2.29 bits per heavy atom. The summed E-state index contributed by atoms with van der Waals surface area (Å²) in [6.45, 7) is 3.54. The molecule has 0 spiro atoms. The van der Waals surface area contributed by atoms with Gasteiger partial charge in [-0.2, -0.15) is 4.68 Å². The molecule has 1 saturated heterocycles. The lowest BCUT2D eigenvalue weighted by atomic mass is 9.47. The molecule has 1 aromatic heterocycles. The molecule has 1 aromatic carbocycles. The lowest BCUT2D eigenvalue weighted by Gasteiger charge is -2.64. The van der Waals surface area contributed by atoms with Gasteiger partial charge in [0.2, 0.25) is 0 Å². The lowest BCUT2D eigenvalue weighted by Crippen LogP contribution is -2.65. The fourth-order valence-electron chi connectivity index (χ4n) is 7.96. The van der Waals surface area contributed by atoms with Crippen LogP contribution in [0.15, 0.2) is 18.2 Å². The Balaban J connectivity index is 1.37. The summed E-state index contributed by atoms with van der Waals surface area (Å²) in [4.78, 5) is 2.81. The topological polar surface area (TPSA) is 65.3 Å². The largest absolute Gasteiger partial charge is 0.486 e. The highest BCUT2D eigenvalue weighted by molar-refractivity contribution is 5.49. The predicted octanol–water partition coefficient (Wildman–Crippen LogP) is 3.57. The molecule has 6 aliphatic rings. The number of piperidine rings is 1. The van der Waals surface area contributed by atoms with E-state index in [1.165, 1.54) is 64.5 Å². The minimum Gasteiger partial charge on any atom is -0.486 e. The van der Waals surface area contributed by atoms with Crippen molar-refractivity contribution in [1.82, 2.24) is 25.1 Å². The van der Waals surface area contributed by atoms with Crippen LogP contribution in [-0.2, 0) is 5.54 Å². The quantitative estimate of drug-likeness (QED) is 0.755. The first-order valence-electron chi connectivity index (χ1n) is 12.3. The van der Waals surface area contributed by atoms with Gasteiger partial charge in [-0.25, -0.2) is 0 Å². The molecule has 0 atom stereocenters. The Hall–Kier alpha value is -2.15. The first-order chi connectivity index (χ1) is 15.3. The molecule has 7 heteroatoms. The van der Waals surface area contributed by atoms with E-state index in [9.17, 15) is 0 Å². The van der Waals surface area contributed by atoms with Gasteiger partial charge in [-0.1, -0.05) is 6.42 Å². The summed E-state index contributed by atoms with van der Waals surface area (Å²) in [6, 6.07) is 6.13.